The molecule has 1 aliphatic rings. The molecule has 1 N–H and O–H groups in total. The molecule has 3 aromatic rings. The second-order valence-electron chi connectivity index (χ2n) is 7.89. The summed E-state index contributed by atoms with van der Waals surface area (Å²) in [6.07, 6.45) is 5.67. The lowest BCUT2D eigenvalue weighted by molar-refractivity contribution is -0.121. The van der Waals surface area contributed by atoms with Gasteiger partial charge in [-0.3, -0.25) is 4.79 Å². The fraction of sp³-hybridized carbons (Fsp3) is 0.391. The number of aryl methyl sites for hydroxylation is 2. The molecule has 0 aliphatic carbocycles. The molecule has 164 valence electrons. The highest BCUT2D eigenvalue weighted by Gasteiger charge is 2.27. The van der Waals surface area contributed by atoms with E-state index >= 15 is 0 Å². The average Bonchev–Trinajstić information content (AvgIpc) is 3.46. The molecule has 4 rings (SSSR count). The summed E-state index contributed by atoms with van der Waals surface area (Å²) in [4.78, 5) is 16.8. The molecule has 1 aliphatic heterocycles. The van der Waals surface area contributed by atoms with Gasteiger partial charge >= 0.3 is 0 Å². The van der Waals surface area contributed by atoms with E-state index in [0.29, 0.717) is 38.1 Å². The van der Waals surface area contributed by atoms with Crippen molar-refractivity contribution < 1.29 is 13.2 Å². The molecule has 1 amide bonds. The van der Waals surface area contributed by atoms with Crippen molar-refractivity contribution in [3.8, 4) is 0 Å². The normalized spacial score (nSPS) is 14.8. The number of hydrogen-bond acceptors (Lipinski definition) is 4. The van der Waals surface area contributed by atoms with Crippen LogP contribution in [-0.4, -0.2) is 47.8 Å². The molecule has 0 unspecified atom stereocenters. The number of benzene rings is 2. The number of sulfonamides is 1. The van der Waals surface area contributed by atoms with Crippen LogP contribution in [0.1, 0.15) is 31.2 Å². The van der Waals surface area contributed by atoms with Gasteiger partial charge in [0.1, 0.15) is 0 Å². The lowest BCUT2D eigenvalue weighted by atomic mass is 10.1. The van der Waals surface area contributed by atoms with Crippen LogP contribution in [0.4, 0.5) is 0 Å². The van der Waals surface area contributed by atoms with Crippen molar-refractivity contribution in [2.24, 2.45) is 0 Å². The maximum absolute atomic E-state index is 12.8. The monoisotopic (exact) mass is 440 g/mol. The Morgan fingerprint density at radius 2 is 1.84 bits per heavy atom. The molecule has 7 nitrogen and oxygen atoms in total. The number of rotatable bonds is 9. The lowest BCUT2D eigenvalue weighted by Gasteiger charge is -2.15. The van der Waals surface area contributed by atoms with Crippen molar-refractivity contribution in [1.82, 2.24) is 19.2 Å². The van der Waals surface area contributed by atoms with E-state index in [1.807, 2.05) is 22.8 Å². The molecule has 1 aromatic heterocycles. The average molecular weight is 441 g/mol. The molecule has 1 fully saturated rings. The van der Waals surface area contributed by atoms with Crippen LogP contribution in [0.2, 0.25) is 0 Å². The Balaban J connectivity index is 1.30. The van der Waals surface area contributed by atoms with Gasteiger partial charge in [-0.1, -0.05) is 30.3 Å². The van der Waals surface area contributed by atoms with Crippen molar-refractivity contribution in [3.63, 3.8) is 0 Å². The molecule has 2 heterocycles. The lowest BCUT2D eigenvalue weighted by Crippen LogP contribution is -2.27. The molecule has 0 saturated carbocycles. The number of amides is 1. The second-order valence-corrected chi connectivity index (χ2v) is 9.83. The van der Waals surface area contributed by atoms with Crippen molar-refractivity contribution >= 4 is 27.0 Å². The topological polar surface area (TPSA) is 84.3 Å². The first-order valence-corrected chi connectivity index (χ1v) is 12.2. The first-order chi connectivity index (χ1) is 15.0. The van der Waals surface area contributed by atoms with Crippen LogP contribution in [-0.2, 0) is 27.8 Å². The molecule has 31 heavy (non-hydrogen) atoms. The summed E-state index contributed by atoms with van der Waals surface area (Å²) in [6, 6.07) is 15.3. The molecular weight excluding hydrogens is 412 g/mol. The van der Waals surface area contributed by atoms with Crippen LogP contribution in [0.15, 0.2) is 59.8 Å². The molecular formula is C23H28N4O3S. The molecule has 2 aromatic carbocycles. The quantitative estimate of drug-likeness (QED) is 0.519. The van der Waals surface area contributed by atoms with E-state index in [2.05, 4.69) is 22.4 Å². The summed E-state index contributed by atoms with van der Waals surface area (Å²) in [6.45, 7) is 2.31. The van der Waals surface area contributed by atoms with E-state index in [4.69, 9.17) is 0 Å². The van der Waals surface area contributed by atoms with Gasteiger partial charge in [-0.25, -0.2) is 13.4 Å². The number of hydrogen-bond donors (Lipinski definition) is 1. The summed E-state index contributed by atoms with van der Waals surface area (Å²) in [7, 11) is -3.46. The van der Waals surface area contributed by atoms with Gasteiger partial charge in [0.2, 0.25) is 15.9 Å². The molecule has 1 saturated heterocycles. The zero-order chi connectivity index (χ0) is 21.7. The van der Waals surface area contributed by atoms with Gasteiger partial charge in [0.25, 0.3) is 0 Å². The van der Waals surface area contributed by atoms with Gasteiger partial charge in [-0.15, -0.1) is 0 Å². The molecule has 0 bridgehead atoms. The van der Waals surface area contributed by atoms with Crippen LogP contribution in [0.25, 0.3) is 11.0 Å². The minimum absolute atomic E-state index is 0.00291. The Bertz CT molecular complexity index is 1140. The predicted octanol–water partition coefficient (Wildman–Crippen LogP) is 2.96. The van der Waals surface area contributed by atoms with E-state index in [-0.39, 0.29) is 10.8 Å². The number of nitrogens with zero attached hydrogens (tertiary/aromatic N) is 3. The highest BCUT2D eigenvalue weighted by atomic mass is 32.2. The Morgan fingerprint density at radius 1 is 1.06 bits per heavy atom. The smallest absolute Gasteiger partial charge is 0.243 e. The third-order valence-corrected chi connectivity index (χ3v) is 7.58. The number of carbonyl (C=O) groups excluding carboxylic acids is 1. The minimum Gasteiger partial charge on any atom is -0.356 e. The Labute approximate surface area is 183 Å². The number of fused-ring (bicyclic) bond motifs is 1. The predicted molar refractivity (Wildman–Crippen MR) is 120 cm³/mol. The van der Waals surface area contributed by atoms with Crippen LogP contribution in [0.3, 0.4) is 0 Å². The highest BCUT2D eigenvalue weighted by Crippen LogP contribution is 2.24. The Morgan fingerprint density at radius 3 is 2.61 bits per heavy atom. The van der Waals surface area contributed by atoms with Crippen molar-refractivity contribution in [1.29, 1.82) is 0 Å². The van der Waals surface area contributed by atoms with E-state index in [1.54, 1.807) is 24.5 Å². The van der Waals surface area contributed by atoms with Crippen molar-refractivity contribution in [2.45, 2.75) is 43.5 Å². The maximum Gasteiger partial charge on any atom is 0.243 e. The first-order valence-electron chi connectivity index (χ1n) is 10.8. The van der Waals surface area contributed by atoms with Gasteiger partial charge in [0.05, 0.1) is 22.3 Å². The standard InChI is InChI=1S/C23H28N4O3S/c28-23(24-13-6-9-19-7-2-1-3-8-19)12-16-26-18-25-21-17-20(10-11-22(21)26)31(29,30)27-14-4-5-15-27/h1-3,7-8,10-11,17-18H,4-6,9,12-16H2,(H,24,28). The summed E-state index contributed by atoms with van der Waals surface area (Å²) in [5, 5.41) is 2.97. The van der Waals surface area contributed by atoms with Crippen LogP contribution in [0.5, 0.6) is 0 Å². The zero-order valence-electron chi connectivity index (χ0n) is 17.5. The summed E-state index contributed by atoms with van der Waals surface area (Å²) < 4.78 is 28.9. The van der Waals surface area contributed by atoms with Crippen molar-refractivity contribution in [2.75, 3.05) is 19.6 Å². The molecule has 0 spiro atoms. The summed E-state index contributed by atoms with van der Waals surface area (Å²) >= 11 is 0. The zero-order valence-corrected chi connectivity index (χ0v) is 18.4. The van der Waals surface area contributed by atoms with E-state index in [0.717, 1.165) is 31.2 Å². The number of aromatic nitrogens is 2. The molecule has 0 radical (unpaired) electrons. The molecule has 8 heteroatoms. The van der Waals surface area contributed by atoms with Gasteiger partial charge in [-0.05, 0) is 49.4 Å². The fourth-order valence-corrected chi connectivity index (χ4v) is 5.47. The Kier molecular flexibility index (Phi) is 6.67. The van der Waals surface area contributed by atoms with E-state index < -0.39 is 10.0 Å². The van der Waals surface area contributed by atoms with Gasteiger partial charge in [-0.2, -0.15) is 4.31 Å². The number of carbonyl (C=O) groups is 1. The van der Waals surface area contributed by atoms with E-state index in [9.17, 15) is 13.2 Å². The first kappa shape index (κ1) is 21.5. The largest absolute Gasteiger partial charge is 0.356 e. The van der Waals surface area contributed by atoms with E-state index in [1.165, 1.54) is 9.87 Å². The fourth-order valence-electron chi connectivity index (χ4n) is 3.94. The summed E-state index contributed by atoms with van der Waals surface area (Å²) in [5.74, 6) is 0.00291. The second kappa shape index (κ2) is 9.62. The minimum atomic E-state index is -3.46. The third-order valence-electron chi connectivity index (χ3n) is 5.68. The highest BCUT2D eigenvalue weighted by molar-refractivity contribution is 7.89. The maximum atomic E-state index is 12.8. The van der Waals surface area contributed by atoms with Gasteiger partial charge in [0.15, 0.2) is 0 Å². The van der Waals surface area contributed by atoms with Crippen LogP contribution < -0.4 is 5.32 Å². The molecule has 0 atom stereocenters. The third kappa shape index (κ3) is 5.14. The number of nitrogens with one attached hydrogen (secondary N) is 1. The van der Waals surface area contributed by atoms with Crippen LogP contribution in [0, 0.1) is 0 Å². The van der Waals surface area contributed by atoms with Gasteiger partial charge in [0, 0.05) is 32.6 Å². The summed E-state index contributed by atoms with van der Waals surface area (Å²) in [5.41, 5.74) is 2.73. The van der Waals surface area contributed by atoms with Gasteiger partial charge < -0.3 is 9.88 Å². The number of imidazole rings is 1. The van der Waals surface area contributed by atoms with Crippen LogP contribution >= 0.6 is 0 Å². The Hall–Kier alpha value is -2.71. The van der Waals surface area contributed by atoms with Crippen molar-refractivity contribution in [3.05, 3.63) is 60.4 Å². The SMILES string of the molecule is O=C(CCn1cnc2cc(S(=O)(=O)N3CCCC3)ccc21)NCCCc1ccccc1.